The van der Waals surface area contributed by atoms with Crippen LogP contribution >= 0.6 is 0 Å². The monoisotopic (exact) mass is 260 g/mol. The number of hydrogen-bond acceptors (Lipinski definition) is 5. The quantitative estimate of drug-likeness (QED) is 0.650. The first kappa shape index (κ1) is 12.9. The van der Waals surface area contributed by atoms with Crippen molar-refractivity contribution in [3.8, 4) is 0 Å². The summed E-state index contributed by atoms with van der Waals surface area (Å²) in [5.41, 5.74) is 8.94. The van der Waals surface area contributed by atoms with Crippen molar-refractivity contribution in [3.05, 3.63) is 35.7 Å². The number of anilines is 3. The van der Waals surface area contributed by atoms with Gasteiger partial charge in [0.2, 0.25) is 0 Å². The van der Waals surface area contributed by atoms with E-state index in [1.165, 1.54) is 7.11 Å². The van der Waals surface area contributed by atoms with Crippen molar-refractivity contribution < 1.29 is 9.53 Å². The molecule has 0 aliphatic carbocycles. The summed E-state index contributed by atoms with van der Waals surface area (Å²) < 4.78 is 6.44. The van der Waals surface area contributed by atoms with Gasteiger partial charge in [0.1, 0.15) is 0 Å². The van der Waals surface area contributed by atoms with Crippen LogP contribution in [0, 0.1) is 6.92 Å². The topological polar surface area (TPSA) is 82.2 Å². The lowest BCUT2D eigenvalue weighted by molar-refractivity contribution is 0.0602. The van der Waals surface area contributed by atoms with Crippen molar-refractivity contribution in [1.29, 1.82) is 0 Å². The van der Waals surface area contributed by atoms with Gasteiger partial charge in [-0.25, -0.2) is 4.79 Å². The number of aryl methyl sites for hydroxylation is 2. The number of benzene rings is 1. The van der Waals surface area contributed by atoms with Crippen LogP contribution in [-0.4, -0.2) is 22.9 Å². The van der Waals surface area contributed by atoms with Crippen LogP contribution in [0.25, 0.3) is 0 Å². The summed E-state index contributed by atoms with van der Waals surface area (Å²) in [4.78, 5) is 11.7. The first-order chi connectivity index (χ1) is 9.02. The zero-order chi connectivity index (χ0) is 14.0. The Hall–Kier alpha value is -2.50. The number of aromatic nitrogens is 2. The van der Waals surface area contributed by atoms with Gasteiger partial charge in [-0.15, -0.1) is 0 Å². The maximum absolute atomic E-state index is 11.7. The highest BCUT2D eigenvalue weighted by molar-refractivity contribution is 5.99. The number of nitrogens with zero attached hydrogens (tertiary/aromatic N) is 2. The van der Waals surface area contributed by atoms with Gasteiger partial charge in [-0.2, -0.15) is 5.10 Å². The molecule has 0 saturated heterocycles. The van der Waals surface area contributed by atoms with E-state index in [0.717, 1.165) is 11.4 Å². The highest BCUT2D eigenvalue weighted by atomic mass is 16.5. The molecule has 0 aliphatic heterocycles. The van der Waals surface area contributed by atoms with Crippen molar-refractivity contribution in [3.63, 3.8) is 0 Å². The molecular formula is C13H16N4O2. The number of nitrogens with two attached hydrogens (primary N) is 1. The summed E-state index contributed by atoms with van der Waals surface area (Å²) in [6, 6.07) is 5.10. The fourth-order valence-corrected chi connectivity index (χ4v) is 1.85. The highest BCUT2D eigenvalue weighted by Gasteiger charge is 2.15. The van der Waals surface area contributed by atoms with Crippen molar-refractivity contribution in [2.75, 3.05) is 18.2 Å². The van der Waals surface area contributed by atoms with Gasteiger partial charge in [0.15, 0.2) is 0 Å². The van der Waals surface area contributed by atoms with E-state index < -0.39 is 5.97 Å². The average molecular weight is 260 g/mol. The highest BCUT2D eigenvalue weighted by Crippen LogP contribution is 2.28. The van der Waals surface area contributed by atoms with Crippen LogP contribution in [-0.2, 0) is 11.8 Å². The van der Waals surface area contributed by atoms with Crippen LogP contribution in [0.15, 0.2) is 24.4 Å². The van der Waals surface area contributed by atoms with E-state index in [9.17, 15) is 4.79 Å². The first-order valence-corrected chi connectivity index (χ1v) is 5.77. The van der Waals surface area contributed by atoms with E-state index in [4.69, 9.17) is 10.5 Å². The largest absolute Gasteiger partial charge is 0.465 e. The number of rotatable bonds is 3. The minimum atomic E-state index is -0.434. The van der Waals surface area contributed by atoms with Crippen LogP contribution in [0.4, 0.5) is 17.1 Å². The van der Waals surface area contributed by atoms with Gasteiger partial charge in [0, 0.05) is 13.2 Å². The number of hydrogen-bond donors (Lipinski definition) is 2. The van der Waals surface area contributed by atoms with Crippen LogP contribution in [0.5, 0.6) is 0 Å². The molecule has 100 valence electrons. The third kappa shape index (κ3) is 2.52. The van der Waals surface area contributed by atoms with Crippen molar-refractivity contribution >= 4 is 23.0 Å². The van der Waals surface area contributed by atoms with Crippen LogP contribution in [0.2, 0.25) is 0 Å². The van der Waals surface area contributed by atoms with E-state index in [0.29, 0.717) is 16.9 Å². The molecule has 2 aromatic rings. The SMILES string of the molecule is COC(=O)c1cccc(N)c1Nc1cn(C)nc1C. The lowest BCUT2D eigenvalue weighted by Gasteiger charge is -2.12. The second kappa shape index (κ2) is 5.01. The number of para-hydroxylation sites is 1. The zero-order valence-electron chi connectivity index (χ0n) is 11.1. The minimum Gasteiger partial charge on any atom is -0.465 e. The van der Waals surface area contributed by atoms with Gasteiger partial charge in [-0.05, 0) is 19.1 Å². The molecule has 0 aliphatic rings. The van der Waals surface area contributed by atoms with E-state index in [1.807, 2.05) is 20.2 Å². The predicted octanol–water partition coefficient (Wildman–Crippen LogP) is 1.84. The van der Waals surface area contributed by atoms with Gasteiger partial charge >= 0.3 is 5.97 Å². The number of methoxy groups -OCH3 is 1. The average Bonchev–Trinajstić information content (AvgIpc) is 2.69. The van der Waals surface area contributed by atoms with E-state index in [2.05, 4.69) is 10.4 Å². The molecule has 0 bridgehead atoms. The molecule has 6 heteroatoms. The molecule has 19 heavy (non-hydrogen) atoms. The zero-order valence-corrected chi connectivity index (χ0v) is 11.1. The molecule has 0 atom stereocenters. The number of esters is 1. The molecule has 1 aromatic carbocycles. The van der Waals surface area contributed by atoms with Gasteiger partial charge in [-0.3, -0.25) is 4.68 Å². The Morgan fingerprint density at radius 2 is 2.21 bits per heavy atom. The number of ether oxygens (including phenoxy) is 1. The van der Waals surface area contributed by atoms with Crippen molar-refractivity contribution in [2.24, 2.45) is 7.05 Å². The summed E-state index contributed by atoms with van der Waals surface area (Å²) in [5, 5.41) is 7.36. The fraction of sp³-hybridized carbons (Fsp3) is 0.231. The number of nitrogens with one attached hydrogen (secondary N) is 1. The van der Waals surface area contributed by atoms with Crippen LogP contribution in [0.3, 0.4) is 0 Å². The maximum atomic E-state index is 11.7. The molecule has 0 spiro atoms. The summed E-state index contributed by atoms with van der Waals surface area (Å²) in [6.07, 6.45) is 1.82. The van der Waals surface area contributed by atoms with E-state index in [1.54, 1.807) is 22.9 Å². The first-order valence-electron chi connectivity index (χ1n) is 5.77. The van der Waals surface area contributed by atoms with Crippen LogP contribution < -0.4 is 11.1 Å². The molecule has 6 nitrogen and oxygen atoms in total. The molecule has 3 N–H and O–H groups in total. The smallest absolute Gasteiger partial charge is 0.340 e. The summed E-state index contributed by atoms with van der Waals surface area (Å²) in [5.74, 6) is -0.434. The normalized spacial score (nSPS) is 10.3. The fourth-order valence-electron chi connectivity index (χ4n) is 1.85. The van der Waals surface area contributed by atoms with Crippen molar-refractivity contribution in [2.45, 2.75) is 6.92 Å². The maximum Gasteiger partial charge on any atom is 0.340 e. The second-order valence-corrected chi connectivity index (χ2v) is 4.19. The Morgan fingerprint density at radius 1 is 1.47 bits per heavy atom. The summed E-state index contributed by atoms with van der Waals surface area (Å²) in [6.45, 7) is 1.87. The van der Waals surface area contributed by atoms with Crippen molar-refractivity contribution in [1.82, 2.24) is 9.78 Å². The Labute approximate surface area is 111 Å². The lowest BCUT2D eigenvalue weighted by Crippen LogP contribution is -2.08. The Kier molecular flexibility index (Phi) is 3.41. The Morgan fingerprint density at radius 3 is 2.79 bits per heavy atom. The summed E-state index contributed by atoms with van der Waals surface area (Å²) in [7, 11) is 3.17. The molecule has 1 heterocycles. The van der Waals surface area contributed by atoms with E-state index >= 15 is 0 Å². The third-order valence-electron chi connectivity index (χ3n) is 2.78. The Bertz CT molecular complexity index is 619. The molecule has 0 saturated carbocycles. The molecule has 0 radical (unpaired) electrons. The number of carbonyl (C=O) groups is 1. The van der Waals surface area contributed by atoms with Gasteiger partial charge < -0.3 is 15.8 Å². The minimum absolute atomic E-state index is 0.394. The number of carbonyl (C=O) groups excluding carboxylic acids is 1. The Balaban J connectivity index is 2.44. The molecule has 1 aromatic heterocycles. The molecule has 2 rings (SSSR count). The second-order valence-electron chi connectivity index (χ2n) is 4.19. The predicted molar refractivity (Wildman–Crippen MR) is 73.4 cm³/mol. The van der Waals surface area contributed by atoms with Gasteiger partial charge in [0.25, 0.3) is 0 Å². The molecule has 0 unspecified atom stereocenters. The summed E-state index contributed by atoms with van der Waals surface area (Å²) >= 11 is 0. The standard InChI is InChI=1S/C13H16N4O2/c1-8-11(7-17(2)16-8)15-12-9(13(18)19-3)5-4-6-10(12)14/h4-7,15H,14H2,1-3H3. The van der Waals surface area contributed by atoms with E-state index in [-0.39, 0.29) is 0 Å². The molecule has 0 fully saturated rings. The van der Waals surface area contributed by atoms with Crippen LogP contribution in [0.1, 0.15) is 16.1 Å². The van der Waals surface area contributed by atoms with Gasteiger partial charge in [-0.1, -0.05) is 6.07 Å². The third-order valence-corrected chi connectivity index (χ3v) is 2.78. The molecular weight excluding hydrogens is 244 g/mol. The lowest BCUT2D eigenvalue weighted by atomic mass is 10.1. The van der Waals surface area contributed by atoms with Gasteiger partial charge in [0.05, 0.1) is 35.4 Å². The molecule has 0 amide bonds. The number of nitrogen functional groups attached to an aromatic ring is 1.